The summed E-state index contributed by atoms with van der Waals surface area (Å²) in [5, 5.41) is 3.62. The Kier molecular flexibility index (Phi) is 7.94. The highest BCUT2D eigenvalue weighted by molar-refractivity contribution is 6.42. The topological polar surface area (TPSA) is 75.7 Å². The number of esters is 1. The van der Waals surface area contributed by atoms with Crippen LogP contribution < -0.4 is 5.32 Å². The Hall–Kier alpha value is -1.79. The van der Waals surface area contributed by atoms with Crippen molar-refractivity contribution in [1.29, 1.82) is 0 Å². The van der Waals surface area contributed by atoms with Crippen LogP contribution in [0.25, 0.3) is 0 Å². The van der Waals surface area contributed by atoms with Gasteiger partial charge in [0.25, 0.3) is 5.91 Å². The Morgan fingerprint density at radius 1 is 1.17 bits per heavy atom. The smallest absolute Gasteiger partial charge is 0.309 e. The number of nitrogens with one attached hydrogen (secondary N) is 1. The molecule has 1 aromatic carbocycles. The van der Waals surface area contributed by atoms with Crippen molar-refractivity contribution >= 4 is 41.0 Å². The minimum Gasteiger partial charge on any atom is -0.455 e. The second-order valence-electron chi connectivity index (χ2n) is 8.39. The largest absolute Gasteiger partial charge is 0.455 e. The fourth-order valence-corrected chi connectivity index (χ4v) is 3.50. The molecule has 1 atom stereocenters. The van der Waals surface area contributed by atoms with E-state index in [1.54, 1.807) is 30.0 Å². The number of piperidine rings is 1. The Balaban J connectivity index is 1.77. The molecule has 0 bridgehead atoms. The number of amides is 2. The van der Waals surface area contributed by atoms with Crippen molar-refractivity contribution in [3.8, 4) is 0 Å². The van der Waals surface area contributed by atoms with Crippen molar-refractivity contribution in [1.82, 2.24) is 10.2 Å². The van der Waals surface area contributed by atoms with E-state index in [0.717, 1.165) is 5.56 Å². The van der Waals surface area contributed by atoms with Gasteiger partial charge in [-0.1, -0.05) is 50.0 Å². The fourth-order valence-electron chi connectivity index (χ4n) is 3.20. The first-order valence-corrected chi connectivity index (χ1v) is 10.4. The molecule has 1 aromatic rings. The summed E-state index contributed by atoms with van der Waals surface area (Å²) in [6, 6.07) is 4.83. The van der Waals surface area contributed by atoms with Gasteiger partial charge in [0.2, 0.25) is 5.91 Å². The maximum atomic E-state index is 12.3. The zero-order valence-electron chi connectivity index (χ0n) is 17.3. The van der Waals surface area contributed by atoms with Crippen molar-refractivity contribution in [3.63, 3.8) is 0 Å². The molecule has 1 heterocycles. The standard InChI is InChI=1S/C21H28Cl2N2O4/c1-13(15-5-6-16(22)17(23)11-15)24-18(26)12-29-19(27)14-7-9-25(10-8-14)20(28)21(2,3)4/h5-6,11,13-14H,7-10,12H2,1-4H3,(H,24,26). The minimum absolute atomic E-state index is 0.0833. The molecule has 0 saturated carbocycles. The number of hydrogen-bond acceptors (Lipinski definition) is 4. The molecular formula is C21H28Cl2N2O4. The monoisotopic (exact) mass is 442 g/mol. The molecular weight excluding hydrogens is 415 g/mol. The van der Waals surface area contributed by atoms with Gasteiger partial charge in [0.1, 0.15) is 0 Å². The predicted octanol–water partition coefficient (Wildman–Crippen LogP) is 4.00. The Morgan fingerprint density at radius 2 is 1.79 bits per heavy atom. The van der Waals surface area contributed by atoms with Crippen LogP contribution >= 0.6 is 23.2 Å². The molecule has 1 N–H and O–H groups in total. The predicted molar refractivity (Wildman–Crippen MR) is 113 cm³/mol. The molecule has 1 unspecified atom stereocenters. The lowest BCUT2D eigenvalue weighted by Gasteiger charge is -2.34. The maximum Gasteiger partial charge on any atom is 0.309 e. The summed E-state index contributed by atoms with van der Waals surface area (Å²) in [4.78, 5) is 38.5. The van der Waals surface area contributed by atoms with Crippen LogP contribution in [0.5, 0.6) is 0 Å². The number of hydrogen-bond donors (Lipinski definition) is 1. The number of ether oxygens (including phenoxy) is 1. The van der Waals surface area contributed by atoms with Crippen molar-refractivity contribution in [2.75, 3.05) is 19.7 Å². The van der Waals surface area contributed by atoms with E-state index in [1.165, 1.54) is 0 Å². The Morgan fingerprint density at radius 3 is 2.34 bits per heavy atom. The molecule has 160 valence electrons. The van der Waals surface area contributed by atoms with Gasteiger partial charge in [-0.15, -0.1) is 0 Å². The van der Waals surface area contributed by atoms with Crippen molar-refractivity contribution in [2.24, 2.45) is 11.3 Å². The molecule has 29 heavy (non-hydrogen) atoms. The summed E-state index contributed by atoms with van der Waals surface area (Å²) in [6.07, 6.45) is 1.09. The first-order valence-electron chi connectivity index (χ1n) is 9.69. The van der Waals surface area contributed by atoms with Crippen LogP contribution in [0.4, 0.5) is 0 Å². The number of halogens is 2. The first kappa shape index (κ1) is 23.5. The number of carbonyl (C=O) groups is 3. The van der Waals surface area contributed by atoms with Crippen LogP contribution in [-0.4, -0.2) is 42.4 Å². The molecule has 0 spiro atoms. The summed E-state index contributed by atoms with van der Waals surface area (Å²) < 4.78 is 5.18. The van der Waals surface area contributed by atoms with E-state index < -0.39 is 17.3 Å². The SMILES string of the molecule is CC(NC(=O)COC(=O)C1CCN(C(=O)C(C)(C)C)CC1)c1ccc(Cl)c(Cl)c1. The van der Waals surface area contributed by atoms with Gasteiger partial charge in [-0.25, -0.2) is 0 Å². The quantitative estimate of drug-likeness (QED) is 0.699. The third-order valence-electron chi connectivity index (χ3n) is 4.92. The summed E-state index contributed by atoms with van der Waals surface area (Å²) in [6.45, 7) is 8.16. The number of nitrogens with zero attached hydrogens (tertiary/aromatic N) is 1. The van der Waals surface area contributed by atoms with Gasteiger partial charge in [0.05, 0.1) is 22.0 Å². The molecule has 2 rings (SSSR count). The average Bonchev–Trinajstić information content (AvgIpc) is 2.67. The van der Waals surface area contributed by atoms with Crippen molar-refractivity contribution in [3.05, 3.63) is 33.8 Å². The summed E-state index contributed by atoms with van der Waals surface area (Å²) in [5.41, 5.74) is 0.367. The van der Waals surface area contributed by atoms with E-state index in [9.17, 15) is 14.4 Å². The van der Waals surface area contributed by atoms with Gasteiger partial charge in [0, 0.05) is 18.5 Å². The van der Waals surface area contributed by atoms with Gasteiger partial charge in [-0.2, -0.15) is 0 Å². The summed E-state index contributed by atoms with van der Waals surface area (Å²) >= 11 is 11.9. The number of likely N-dealkylation sites (tertiary alicyclic amines) is 1. The van der Waals surface area contributed by atoms with Crippen LogP contribution in [0, 0.1) is 11.3 Å². The molecule has 2 amide bonds. The van der Waals surface area contributed by atoms with Gasteiger partial charge >= 0.3 is 5.97 Å². The number of carbonyl (C=O) groups excluding carboxylic acids is 3. The third kappa shape index (κ3) is 6.61. The zero-order chi connectivity index (χ0) is 21.8. The van der Waals surface area contributed by atoms with Crippen molar-refractivity contribution in [2.45, 2.75) is 46.6 Å². The molecule has 0 radical (unpaired) electrons. The fraction of sp³-hybridized carbons (Fsp3) is 0.571. The molecule has 1 saturated heterocycles. The van der Waals surface area contributed by atoms with Crippen LogP contribution in [0.1, 0.15) is 52.1 Å². The lowest BCUT2D eigenvalue weighted by atomic mass is 9.91. The highest BCUT2D eigenvalue weighted by Crippen LogP contribution is 2.26. The lowest BCUT2D eigenvalue weighted by molar-refractivity contribution is -0.155. The second kappa shape index (κ2) is 9.81. The summed E-state index contributed by atoms with van der Waals surface area (Å²) in [7, 11) is 0. The van der Waals surface area contributed by atoms with E-state index in [2.05, 4.69) is 5.32 Å². The zero-order valence-corrected chi connectivity index (χ0v) is 18.8. The highest BCUT2D eigenvalue weighted by atomic mass is 35.5. The highest BCUT2D eigenvalue weighted by Gasteiger charge is 2.33. The minimum atomic E-state index is -0.434. The molecule has 0 aromatic heterocycles. The van der Waals surface area contributed by atoms with Crippen LogP contribution in [0.15, 0.2) is 18.2 Å². The van der Waals surface area contributed by atoms with Gasteiger partial charge in [-0.3, -0.25) is 14.4 Å². The van der Waals surface area contributed by atoms with Crippen LogP contribution in [0.3, 0.4) is 0 Å². The molecule has 1 aliphatic rings. The molecule has 1 fully saturated rings. The van der Waals surface area contributed by atoms with Gasteiger partial charge in [-0.05, 0) is 37.5 Å². The molecule has 1 aliphatic heterocycles. The lowest BCUT2D eigenvalue weighted by Crippen LogP contribution is -2.45. The van der Waals surface area contributed by atoms with Gasteiger partial charge in [0.15, 0.2) is 6.61 Å². The second-order valence-corrected chi connectivity index (χ2v) is 9.20. The first-order chi connectivity index (χ1) is 13.5. The number of benzene rings is 1. The van der Waals surface area contributed by atoms with E-state index >= 15 is 0 Å². The normalized spacial score (nSPS) is 16.3. The summed E-state index contributed by atoms with van der Waals surface area (Å²) in [5.74, 6) is -0.998. The van der Waals surface area contributed by atoms with Crippen LogP contribution in [0.2, 0.25) is 10.0 Å². The van der Waals surface area contributed by atoms with E-state index in [4.69, 9.17) is 27.9 Å². The van der Waals surface area contributed by atoms with Gasteiger partial charge < -0.3 is 15.0 Å². The van der Waals surface area contributed by atoms with E-state index in [1.807, 2.05) is 20.8 Å². The molecule has 0 aliphatic carbocycles. The number of rotatable bonds is 5. The van der Waals surface area contributed by atoms with E-state index in [-0.39, 0.29) is 24.5 Å². The Bertz CT molecular complexity index is 768. The van der Waals surface area contributed by atoms with E-state index in [0.29, 0.717) is 36.0 Å². The molecule has 8 heteroatoms. The third-order valence-corrected chi connectivity index (χ3v) is 5.66. The molecule has 6 nitrogen and oxygen atoms in total. The Labute approximate surface area is 181 Å². The maximum absolute atomic E-state index is 12.3. The van der Waals surface area contributed by atoms with Crippen molar-refractivity contribution < 1.29 is 19.1 Å². The average molecular weight is 443 g/mol. The van der Waals surface area contributed by atoms with Crippen LogP contribution in [-0.2, 0) is 19.1 Å².